The summed E-state index contributed by atoms with van der Waals surface area (Å²) in [5, 5.41) is 3.42. The van der Waals surface area contributed by atoms with Gasteiger partial charge >= 0.3 is 0 Å². The standard InChI is InChI=1S/C18H16N2O3S3/c21-17(20-18-19-14-6-2-4-8-16(14)25-18)13-5-1-3-7-15(13)24-12-9-10-26(22,23)11-12/h1-8,12H,9-11H2,(H,19,20,21). The lowest BCUT2D eigenvalue weighted by atomic mass is 10.2. The number of carbonyl (C=O) groups excluding carboxylic acids is 1. The minimum Gasteiger partial charge on any atom is -0.298 e. The van der Waals surface area contributed by atoms with Crippen LogP contribution in [-0.2, 0) is 9.84 Å². The van der Waals surface area contributed by atoms with Crippen LogP contribution in [0, 0.1) is 0 Å². The Hall–Kier alpha value is -1.90. The van der Waals surface area contributed by atoms with Gasteiger partial charge in [-0.15, -0.1) is 11.8 Å². The summed E-state index contributed by atoms with van der Waals surface area (Å²) in [5.41, 5.74) is 1.40. The number of fused-ring (bicyclic) bond motifs is 1. The Bertz CT molecular complexity index is 1040. The molecule has 1 atom stereocenters. The minimum atomic E-state index is -2.94. The van der Waals surface area contributed by atoms with Crippen molar-refractivity contribution in [1.82, 2.24) is 4.98 Å². The van der Waals surface area contributed by atoms with Crippen LogP contribution >= 0.6 is 23.1 Å². The normalized spacial score (nSPS) is 18.8. The van der Waals surface area contributed by atoms with Crippen molar-refractivity contribution < 1.29 is 13.2 Å². The summed E-state index contributed by atoms with van der Waals surface area (Å²) < 4.78 is 24.4. The number of aromatic nitrogens is 1. The van der Waals surface area contributed by atoms with Crippen molar-refractivity contribution in [2.75, 3.05) is 16.8 Å². The van der Waals surface area contributed by atoms with Crippen LogP contribution in [0.1, 0.15) is 16.8 Å². The molecule has 134 valence electrons. The minimum absolute atomic E-state index is 0.00333. The third kappa shape index (κ3) is 3.77. The number of nitrogens with zero attached hydrogens (tertiary/aromatic N) is 1. The van der Waals surface area contributed by atoms with Crippen molar-refractivity contribution in [3.05, 3.63) is 54.1 Å². The van der Waals surface area contributed by atoms with Gasteiger partial charge in [-0.3, -0.25) is 10.1 Å². The van der Waals surface area contributed by atoms with Gasteiger partial charge in [-0.1, -0.05) is 35.6 Å². The second-order valence-corrected chi connectivity index (χ2v) is 10.7. The zero-order valence-corrected chi connectivity index (χ0v) is 16.2. The quantitative estimate of drug-likeness (QED) is 0.715. The van der Waals surface area contributed by atoms with Crippen molar-refractivity contribution >= 4 is 54.2 Å². The molecule has 3 aromatic rings. The second kappa shape index (κ2) is 7.02. The van der Waals surface area contributed by atoms with E-state index in [1.807, 2.05) is 42.5 Å². The summed E-state index contributed by atoms with van der Waals surface area (Å²) in [6.07, 6.45) is 0.626. The van der Waals surface area contributed by atoms with Crippen LogP contribution in [0.4, 0.5) is 5.13 Å². The van der Waals surface area contributed by atoms with E-state index in [4.69, 9.17) is 0 Å². The predicted molar refractivity (Wildman–Crippen MR) is 107 cm³/mol. The lowest BCUT2D eigenvalue weighted by Crippen LogP contribution is -2.14. The number of hydrogen-bond donors (Lipinski definition) is 1. The van der Waals surface area contributed by atoms with Gasteiger partial charge in [-0.2, -0.15) is 0 Å². The van der Waals surface area contributed by atoms with Crippen LogP contribution in [0.2, 0.25) is 0 Å². The summed E-state index contributed by atoms with van der Waals surface area (Å²) >= 11 is 2.90. The molecule has 2 heterocycles. The Morgan fingerprint density at radius 2 is 1.92 bits per heavy atom. The molecule has 1 aliphatic heterocycles. The third-order valence-electron chi connectivity index (χ3n) is 4.13. The summed E-state index contributed by atoms with van der Waals surface area (Å²) in [6, 6.07) is 15.0. The molecule has 26 heavy (non-hydrogen) atoms. The smallest absolute Gasteiger partial charge is 0.258 e. The van der Waals surface area contributed by atoms with Gasteiger partial charge in [0, 0.05) is 10.1 Å². The maximum atomic E-state index is 12.7. The Kier molecular flexibility index (Phi) is 4.73. The molecule has 1 fully saturated rings. The van der Waals surface area contributed by atoms with Crippen molar-refractivity contribution in [2.45, 2.75) is 16.6 Å². The summed E-state index contributed by atoms with van der Waals surface area (Å²) in [4.78, 5) is 18.0. The summed E-state index contributed by atoms with van der Waals surface area (Å²) in [7, 11) is -2.94. The van der Waals surface area contributed by atoms with Gasteiger partial charge in [0.1, 0.15) is 0 Å². The van der Waals surface area contributed by atoms with Gasteiger partial charge in [0.05, 0.1) is 27.3 Å². The Labute approximate surface area is 159 Å². The molecular weight excluding hydrogens is 388 g/mol. The van der Waals surface area contributed by atoms with Gasteiger partial charge in [0.15, 0.2) is 15.0 Å². The fourth-order valence-corrected chi connectivity index (χ4v) is 7.37. The van der Waals surface area contributed by atoms with Gasteiger partial charge in [0.25, 0.3) is 5.91 Å². The molecule has 8 heteroatoms. The molecule has 1 saturated heterocycles. The summed E-state index contributed by atoms with van der Waals surface area (Å²) in [5.74, 6) is 0.170. The SMILES string of the molecule is O=C(Nc1nc2ccccc2s1)c1ccccc1SC1CCS(=O)(=O)C1. The molecule has 4 rings (SSSR count). The molecular formula is C18H16N2O3S3. The zero-order chi connectivity index (χ0) is 18.1. The molecule has 0 spiro atoms. The zero-order valence-electron chi connectivity index (χ0n) is 13.7. The number of thiazole rings is 1. The first-order valence-electron chi connectivity index (χ1n) is 8.13. The summed E-state index contributed by atoms with van der Waals surface area (Å²) in [6.45, 7) is 0. The van der Waals surface area contributed by atoms with E-state index in [1.165, 1.54) is 23.1 Å². The highest BCUT2D eigenvalue weighted by Gasteiger charge is 2.29. The van der Waals surface area contributed by atoms with Gasteiger partial charge in [-0.05, 0) is 30.7 Å². The number of anilines is 1. The van der Waals surface area contributed by atoms with Crippen LogP contribution in [0.25, 0.3) is 10.2 Å². The number of amides is 1. The van der Waals surface area contributed by atoms with E-state index < -0.39 is 9.84 Å². The molecule has 0 radical (unpaired) electrons. The van der Waals surface area contributed by atoms with Crippen molar-refractivity contribution in [3.63, 3.8) is 0 Å². The molecule has 1 aliphatic rings. The predicted octanol–water partition coefficient (Wildman–Crippen LogP) is 3.83. The number of thioether (sulfide) groups is 1. The Morgan fingerprint density at radius 3 is 2.69 bits per heavy atom. The van der Waals surface area contributed by atoms with Crippen molar-refractivity contribution in [1.29, 1.82) is 0 Å². The largest absolute Gasteiger partial charge is 0.298 e. The number of carbonyl (C=O) groups is 1. The Morgan fingerprint density at radius 1 is 1.15 bits per heavy atom. The highest BCUT2D eigenvalue weighted by molar-refractivity contribution is 8.02. The molecule has 5 nitrogen and oxygen atoms in total. The van der Waals surface area contributed by atoms with Gasteiger partial charge < -0.3 is 0 Å². The molecule has 0 saturated carbocycles. The maximum Gasteiger partial charge on any atom is 0.258 e. The van der Waals surface area contributed by atoms with Crippen LogP contribution in [0.5, 0.6) is 0 Å². The third-order valence-corrected chi connectivity index (χ3v) is 8.41. The molecule has 2 aromatic carbocycles. The van der Waals surface area contributed by atoms with Crippen LogP contribution in [-0.4, -0.2) is 36.1 Å². The second-order valence-electron chi connectivity index (χ2n) is 6.08. The van der Waals surface area contributed by atoms with Gasteiger partial charge in [-0.25, -0.2) is 13.4 Å². The molecule has 1 aromatic heterocycles. The number of benzene rings is 2. The van der Waals surface area contributed by atoms with E-state index in [1.54, 1.807) is 6.07 Å². The van der Waals surface area contributed by atoms with E-state index in [0.29, 0.717) is 17.1 Å². The van der Waals surface area contributed by atoms with E-state index in [9.17, 15) is 13.2 Å². The van der Waals surface area contributed by atoms with Crippen molar-refractivity contribution in [3.8, 4) is 0 Å². The highest BCUT2D eigenvalue weighted by atomic mass is 32.2. The fourth-order valence-electron chi connectivity index (χ4n) is 2.88. The Balaban J connectivity index is 1.54. The van der Waals surface area contributed by atoms with E-state index in [-0.39, 0.29) is 22.7 Å². The molecule has 0 bridgehead atoms. The molecule has 1 unspecified atom stereocenters. The number of hydrogen-bond acceptors (Lipinski definition) is 6. The van der Waals surface area contributed by atoms with Crippen LogP contribution in [0.3, 0.4) is 0 Å². The van der Waals surface area contributed by atoms with Gasteiger partial charge in [0.2, 0.25) is 0 Å². The monoisotopic (exact) mass is 404 g/mol. The number of nitrogens with one attached hydrogen (secondary N) is 1. The number of para-hydroxylation sites is 1. The van der Waals surface area contributed by atoms with Crippen LogP contribution in [0.15, 0.2) is 53.4 Å². The first kappa shape index (κ1) is 17.5. The number of sulfone groups is 1. The average Bonchev–Trinajstić information content (AvgIpc) is 3.17. The maximum absolute atomic E-state index is 12.7. The fraction of sp³-hybridized carbons (Fsp3) is 0.222. The lowest BCUT2D eigenvalue weighted by molar-refractivity contribution is 0.102. The molecule has 1 amide bonds. The van der Waals surface area contributed by atoms with Crippen LogP contribution < -0.4 is 5.32 Å². The molecule has 0 aliphatic carbocycles. The first-order chi connectivity index (χ1) is 12.5. The first-order valence-corrected chi connectivity index (χ1v) is 11.6. The average molecular weight is 405 g/mol. The van der Waals surface area contributed by atoms with E-state index in [2.05, 4.69) is 10.3 Å². The number of rotatable bonds is 4. The van der Waals surface area contributed by atoms with E-state index >= 15 is 0 Å². The van der Waals surface area contributed by atoms with E-state index in [0.717, 1.165) is 15.1 Å². The molecule has 1 N–H and O–H groups in total. The van der Waals surface area contributed by atoms with Crippen molar-refractivity contribution in [2.24, 2.45) is 0 Å². The highest BCUT2D eigenvalue weighted by Crippen LogP contribution is 2.33. The lowest BCUT2D eigenvalue weighted by Gasteiger charge is -2.11. The topological polar surface area (TPSA) is 76.1 Å².